The molecule has 0 unspecified atom stereocenters. The molecule has 0 aliphatic carbocycles. The lowest BCUT2D eigenvalue weighted by Crippen LogP contribution is -2.20. The molecule has 0 fully saturated rings. The lowest BCUT2D eigenvalue weighted by molar-refractivity contribution is 0.546. The molecule has 2 aromatic heterocycles. The molecule has 0 aliphatic rings. The van der Waals surface area contributed by atoms with Crippen LogP contribution in [0.4, 0.5) is 0 Å². The summed E-state index contributed by atoms with van der Waals surface area (Å²) in [5.74, 6) is 0. The van der Waals surface area contributed by atoms with E-state index in [1.165, 1.54) is 0 Å². The molecule has 4 nitrogen and oxygen atoms in total. The van der Waals surface area contributed by atoms with E-state index in [-0.39, 0.29) is 6.04 Å². The maximum absolute atomic E-state index is 6.32. The fourth-order valence-electron chi connectivity index (χ4n) is 2.01. The summed E-state index contributed by atoms with van der Waals surface area (Å²) in [6.45, 7) is 4.87. The van der Waals surface area contributed by atoms with Crippen molar-refractivity contribution < 1.29 is 0 Å². The first-order valence-electron chi connectivity index (χ1n) is 6.47. The molecule has 0 amide bonds. The van der Waals surface area contributed by atoms with E-state index in [2.05, 4.69) is 35.3 Å². The van der Waals surface area contributed by atoms with Crippen LogP contribution in [-0.2, 0) is 20.0 Å². The molecular formula is C14H19ClN4. The van der Waals surface area contributed by atoms with Crippen molar-refractivity contribution in [3.63, 3.8) is 0 Å². The Bertz CT molecular complexity index is 536. The van der Waals surface area contributed by atoms with Gasteiger partial charge in [-0.05, 0) is 25.0 Å². The summed E-state index contributed by atoms with van der Waals surface area (Å²) in [6.07, 6.45) is 4.51. The largest absolute Gasteiger partial charge is 0.304 e. The molecule has 19 heavy (non-hydrogen) atoms. The van der Waals surface area contributed by atoms with Gasteiger partial charge < -0.3 is 5.32 Å². The van der Waals surface area contributed by atoms with E-state index in [1.54, 1.807) is 6.20 Å². The van der Waals surface area contributed by atoms with E-state index in [4.69, 9.17) is 11.6 Å². The Morgan fingerprint density at radius 1 is 1.47 bits per heavy atom. The van der Waals surface area contributed by atoms with Gasteiger partial charge in [0, 0.05) is 32.0 Å². The van der Waals surface area contributed by atoms with Crippen LogP contribution < -0.4 is 5.32 Å². The normalized spacial score (nSPS) is 12.6. The van der Waals surface area contributed by atoms with E-state index in [1.807, 2.05) is 24.0 Å². The van der Waals surface area contributed by atoms with Gasteiger partial charge in [-0.25, -0.2) is 0 Å². The summed E-state index contributed by atoms with van der Waals surface area (Å²) in [5.41, 5.74) is 3.14. The predicted octanol–water partition coefficient (Wildman–Crippen LogP) is 2.88. The van der Waals surface area contributed by atoms with Gasteiger partial charge >= 0.3 is 0 Å². The molecule has 2 rings (SSSR count). The molecule has 0 saturated carbocycles. The topological polar surface area (TPSA) is 42.7 Å². The van der Waals surface area contributed by atoms with Crippen LogP contribution in [0.2, 0.25) is 5.02 Å². The van der Waals surface area contributed by atoms with Gasteiger partial charge in [0.15, 0.2) is 0 Å². The number of aromatic nitrogens is 3. The smallest absolute Gasteiger partial charge is 0.0863 e. The highest BCUT2D eigenvalue weighted by molar-refractivity contribution is 6.31. The van der Waals surface area contributed by atoms with E-state index in [0.29, 0.717) is 6.54 Å². The van der Waals surface area contributed by atoms with Crippen molar-refractivity contribution in [3.8, 4) is 0 Å². The Morgan fingerprint density at radius 3 is 2.84 bits per heavy atom. The highest BCUT2D eigenvalue weighted by Crippen LogP contribution is 2.21. The molecule has 0 aliphatic heterocycles. The molecular weight excluding hydrogens is 260 g/mol. The summed E-state index contributed by atoms with van der Waals surface area (Å²) in [5, 5.41) is 8.63. The van der Waals surface area contributed by atoms with Gasteiger partial charge in [0.2, 0.25) is 0 Å². The van der Waals surface area contributed by atoms with Crippen molar-refractivity contribution in [1.82, 2.24) is 20.1 Å². The molecule has 0 saturated heterocycles. The molecule has 5 heteroatoms. The molecule has 0 radical (unpaired) electrons. The van der Waals surface area contributed by atoms with Crippen LogP contribution in [0.1, 0.15) is 36.8 Å². The summed E-state index contributed by atoms with van der Waals surface area (Å²) in [7, 11) is 1.93. The number of hydrogen-bond donors (Lipinski definition) is 1. The second kappa shape index (κ2) is 6.17. The van der Waals surface area contributed by atoms with Crippen molar-refractivity contribution >= 4 is 11.6 Å². The van der Waals surface area contributed by atoms with Gasteiger partial charge in [-0.3, -0.25) is 9.67 Å². The van der Waals surface area contributed by atoms with Crippen molar-refractivity contribution in [2.75, 3.05) is 0 Å². The second-order valence-corrected chi connectivity index (χ2v) is 4.95. The molecule has 0 bridgehead atoms. The average Bonchev–Trinajstić information content (AvgIpc) is 2.72. The molecule has 1 atom stereocenters. The minimum absolute atomic E-state index is 0.227. The standard InChI is InChI=1S/C14H19ClN4/c1-4-12-14(15)13(19(3)18-12)9-17-10(2)11-6-5-7-16-8-11/h5-8,10,17H,4,9H2,1-3H3/t10-/m0/s1. The van der Waals surface area contributed by atoms with Crippen molar-refractivity contribution in [3.05, 3.63) is 46.5 Å². The van der Waals surface area contributed by atoms with Crippen LogP contribution in [0.5, 0.6) is 0 Å². The molecule has 0 aromatic carbocycles. The minimum Gasteiger partial charge on any atom is -0.304 e. The Morgan fingerprint density at radius 2 is 2.26 bits per heavy atom. The van der Waals surface area contributed by atoms with Crippen LogP contribution in [0.15, 0.2) is 24.5 Å². The van der Waals surface area contributed by atoms with Crippen molar-refractivity contribution in [2.45, 2.75) is 32.9 Å². The number of nitrogens with zero attached hydrogens (tertiary/aromatic N) is 3. The van der Waals surface area contributed by atoms with Gasteiger partial charge in [-0.1, -0.05) is 24.6 Å². The van der Waals surface area contributed by atoms with Crippen molar-refractivity contribution in [2.24, 2.45) is 7.05 Å². The molecule has 0 spiro atoms. The maximum atomic E-state index is 6.32. The van der Waals surface area contributed by atoms with Crippen LogP contribution in [0, 0.1) is 0 Å². The van der Waals surface area contributed by atoms with Crippen molar-refractivity contribution in [1.29, 1.82) is 0 Å². The van der Waals surface area contributed by atoms with Crippen LogP contribution in [-0.4, -0.2) is 14.8 Å². The van der Waals surface area contributed by atoms with E-state index < -0.39 is 0 Å². The van der Waals surface area contributed by atoms with E-state index in [0.717, 1.165) is 28.4 Å². The zero-order valence-electron chi connectivity index (χ0n) is 11.5. The molecule has 1 N–H and O–H groups in total. The molecule has 102 valence electrons. The fourth-order valence-corrected chi connectivity index (χ4v) is 2.37. The number of pyridine rings is 1. The first-order chi connectivity index (χ1) is 9.13. The van der Waals surface area contributed by atoms with Gasteiger partial charge in [-0.15, -0.1) is 0 Å². The second-order valence-electron chi connectivity index (χ2n) is 4.57. The summed E-state index contributed by atoms with van der Waals surface area (Å²) in [4.78, 5) is 4.13. The third-order valence-corrected chi connectivity index (χ3v) is 3.70. The molecule has 2 aromatic rings. The first-order valence-corrected chi connectivity index (χ1v) is 6.84. The summed E-state index contributed by atoms with van der Waals surface area (Å²) in [6, 6.07) is 4.23. The SMILES string of the molecule is CCc1nn(C)c(CN[C@@H](C)c2cccnc2)c1Cl. The average molecular weight is 279 g/mol. The van der Waals surface area contributed by atoms with E-state index in [9.17, 15) is 0 Å². The monoisotopic (exact) mass is 278 g/mol. The first kappa shape index (κ1) is 14.0. The van der Waals surface area contributed by atoms with Crippen LogP contribution >= 0.6 is 11.6 Å². The Hall–Kier alpha value is -1.39. The van der Waals surface area contributed by atoms with E-state index >= 15 is 0 Å². The lowest BCUT2D eigenvalue weighted by Gasteiger charge is -2.14. The van der Waals surface area contributed by atoms with Gasteiger partial charge in [0.1, 0.15) is 0 Å². The Labute approximate surface area is 118 Å². The third kappa shape index (κ3) is 3.14. The predicted molar refractivity (Wildman–Crippen MR) is 77.1 cm³/mol. The highest BCUT2D eigenvalue weighted by Gasteiger charge is 2.14. The van der Waals surface area contributed by atoms with Gasteiger partial charge in [0.05, 0.1) is 16.4 Å². The number of halogens is 1. The third-order valence-electron chi connectivity index (χ3n) is 3.26. The number of rotatable bonds is 5. The van der Waals surface area contributed by atoms with Crippen LogP contribution in [0.3, 0.4) is 0 Å². The van der Waals surface area contributed by atoms with Crippen LogP contribution in [0.25, 0.3) is 0 Å². The maximum Gasteiger partial charge on any atom is 0.0863 e. The Kier molecular flexibility index (Phi) is 4.56. The number of nitrogens with one attached hydrogen (secondary N) is 1. The number of aryl methyl sites for hydroxylation is 2. The fraction of sp³-hybridized carbons (Fsp3) is 0.429. The summed E-state index contributed by atoms with van der Waals surface area (Å²) < 4.78 is 1.85. The Balaban J connectivity index is 2.05. The highest BCUT2D eigenvalue weighted by atomic mass is 35.5. The zero-order chi connectivity index (χ0) is 13.8. The number of hydrogen-bond acceptors (Lipinski definition) is 3. The lowest BCUT2D eigenvalue weighted by atomic mass is 10.1. The zero-order valence-corrected chi connectivity index (χ0v) is 12.3. The quantitative estimate of drug-likeness (QED) is 0.914. The minimum atomic E-state index is 0.227. The van der Waals surface area contributed by atoms with Gasteiger partial charge in [0.25, 0.3) is 0 Å². The van der Waals surface area contributed by atoms with Gasteiger partial charge in [-0.2, -0.15) is 5.10 Å². The molecule has 2 heterocycles. The summed E-state index contributed by atoms with van der Waals surface area (Å²) >= 11 is 6.32.